The molecular weight excluding hydrogens is 375 g/mol. The van der Waals surface area contributed by atoms with E-state index in [0.29, 0.717) is 12.8 Å². The third-order valence-corrected chi connectivity index (χ3v) is 7.75. The van der Waals surface area contributed by atoms with Crippen LogP contribution in [-0.2, 0) is 4.79 Å². The summed E-state index contributed by atoms with van der Waals surface area (Å²) in [6, 6.07) is 0. The molecular formula is C15H19ClF3N3O2Si. The van der Waals surface area contributed by atoms with Gasteiger partial charge < -0.3 is 10.1 Å². The minimum Gasteiger partial charge on any atom is -0.432 e. The first-order chi connectivity index (χ1) is 11.2. The maximum atomic E-state index is 12.4. The Bertz CT molecular complexity index is 707. The summed E-state index contributed by atoms with van der Waals surface area (Å²) < 4.78 is 37.1. The molecule has 0 aliphatic carbocycles. The van der Waals surface area contributed by atoms with Gasteiger partial charge in [0, 0.05) is 12.6 Å². The van der Waals surface area contributed by atoms with E-state index in [1.54, 1.807) is 5.32 Å². The van der Waals surface area contributed by atoms with Crippen molar-refractivity contribution in [3.05, 3.63) is 17.0 Å². The van der Waals surface area contributed by atoms with Crippen LogP contribution in [0.25, 0.3) is 0 Å². The fraction of sp³-hybridized carbons (Fsp3) is 0.533. The van der Waals surface area contributed by atoms with Crippen molar-refractivity contribution >= 4 is 31.6 Å². The van der Waals surface area contributed by atoms with Crippen LogP contribution in [0.5, 0.6) is 0 Å². The minimum absolute atomic E-state index is 0.0281. The molecule has 0 unspecified atom stereocenters. The van der Waals surface area contributed by atoms with Gasteiger partial charge in [0.15, 0.2) is 14.1 Å². The molecule has 1 aromatic heterocycles. The van der Waals surface area contributed by atoms with Gasteiger partial charge in [-0.3, -0.25) is 4.79 Å². The highest BCUT2D eigenvalue weighted by Gasteiger charge is 2.39. The Hall–Kier alpha value is -1.63. The molecule has 0 atom stereocenters. The summed E-state index contributed by atoms with van der Waals surface area (Å²) in [5.41, 5.74) is 0.0281. The SMILES string of the molecule is CC(C)(CCC#Cc1cnc(Cl)nc1NC(=O)C(F)(F)F)[Si](C)(C)O. The van der Waals surface area contributed by atoms with E-state index < -0.39 is 26.2 Å². The van der Waals surface area contributed by atoms with Crippen molar-refractivity contribution in [1.29, 1.82) is 0 Å². The van der Waals surface area contributed by atoms with E-state index in [2.05, 4.69) is 21.8 Å². The number of halogens is 4. The van der Waals surface area contributed by atoms with Gasteiger partial charge in [-0.25, -0.2) is 4.98 Å². The molecule has 0 spiro atoms. The first kappa shape index (κ1) is 21.4. The number of anilines is 1. The Morgan fingerprint density at radius 3 is 2.52 bits per heavy atom. The molecule has 138 valence electrons. The molecule has 10 heteroatoms. The molecule has 0 aromatic carbocycles. The molecule has 0 bridgehead atoms. The predicted molar refractivity (Wildman–Crippen MR) is 91.6 cm³/mol. The quantitative estimate of drug-likeness (QED) is 0.464. The Balaban J connectivity index is 2.92. The van der Waals surface area contributed by atoms with Crippen molar-refractivity contribution in [2.75, 3.05) is 5.32 Å². The molecule has 0 saturated carbocycles. The van der Waals surface area contributed by atoms with Crippen molar-refractivity contribution in [1.82, 2.24) is 9.97 Å². The third-order valence-electron chi connectivity index (χ3n) is 4.00. The number of hydrogen-bond acceptors (Lipinski definition) is 4. The predicted octanol–water partition coefficient (Wildman–Crippen LogP) is 3.74. The Labute approximate surface area is 150 Å². The van der Waals surface area contributed by atoms with Gasteiger partial charge in [0.05, 0.1) is 5.56 Å². The molecule has 1 rings (SSSR count). The summed E-state index contributed by atoms with van der Waals surface area (Å²) in [5, 5.41) is 1.06. The molecule has 0 saturated heterocycles. The highest BCUT2D eigenvalue weighted by atomic mass is 35.5. The van der Waals surface area contributed by atoms with Crippen molar-refractivity contribution in [3.8, 4) is 11.8 Å². The van der Waals surface area contributed by atoms with Crippen LogP contribution in [0.1, 0.15) is 32.3 Å². The Morgan fingerprint density at radius 2 is 2.00 bits per heavy atom. The van der Waals surface area contributed by atoms with Crippen LogP contribution in [0.4, 0.5) is 19.0 Å². The molecule has 0 radical (unpaired) electrons. The van der Waals surface area contributed by atoms with Gasteiger partial charge in [-0.1, -0.05) is 25.7 Å². The van der Waals surface area contributed by atoms with E-state index in [1.165, 1.54) is 0 Å². The van der Waals surface area contributed by atoms with Crippen LogP contribution in [0.2, 0.25) is 23.4 Å². The normalized spacial score (nSPS) is 12.4. The average molecular weight is 394 g/mol. The topological polar surface area (TPSA) is 75.1 Å². The lowest BCUT2D eigenvalue weighted by atomic mass is 10.1. The standard InChI is InChI=1S/C15H19ClF3N3O2Si/c1-14(2,25(3,4)24)8-6-5-7-10-9-20-13(16)22-11(10)21-12(23)15(17,18)19/h9,24H,6,8H2,1-4H3,(H,20,21,22,23). The second kappa shape index (κ2) is 7.72. The second-order valence-corrected chi connectivity index (χ2v) is 11.4. The monoisotopic (exact) mass is 393 g/mol. The van der Waals surface area contributed by atoms with E-state index in [1.807, 2.05) is 26.9 Å². The van der Waals surface area contributed by atoms with Crippen molar-refractivity contribution in [3.63, 3.8) is 0 Å². The van der Waals surface area contributed by atoms with Gasteiger partial charge in [-0.2, -0.15) is 18.2 Å². The zero-order valence-corrected chi connectivity index (χ0v) is 16.0. The van der Waals surface area contributed by atoms with Gasteiger partial charge in [0.25, 0.3) is 0 Å². The lowest BCUT2D eigenvalue weighted by Gasteiger charge is -2.34. The van der Waals surface area contributed by atoms with Crippen molar-refractivity contribution in [2.24, 2.45) is 0 Å². The molecule has 1 amide bonds. The first-order valence-corrected chi connectivity index (χ1v) is 10.7. The second-order valence-electron chi connectivity index (χ2n) is 6.60. The number of aromatic nitrogens is 2. The van der Waals surface area contributed by atoms with E-state index >= 15 is 0 Å². The highest BCUT2D eigenvalue weighted by molar-refractivity contribution is 6.72. The summed E-state index contributed by atoms with van der Waals surface area (Å²) in [5.74, 6) is 2.88. The molecule has 5 nitrogen and oxygen atoms in total. The van der Waals surface area contributed by atoms with E-state index in [4.69, 9.17) is 11.6 Å². The van der Waals surface area contributed by atoms with Gasteiger partial charge >= 0.3 is 12.1 Å². The van der Waals surface area contributed by atoms with Crippen LogP contribution in [0.15, 0.2) is 6.20 Å². The lowest BCUT2D eigenvalue weighted by Crippen LogP contribution is -2.38. The van der Waals surface area contributed by atoms with E-state index in [9.17, 15) is 22.8 Å². The van der Waals surface area contributed by atoms with Crippen LogP contribution in [-0.4, -0.2) is 35.2 Å². The van der Waals surface area contributed by atoms with Crippen LogP contribution >= 0.6 is 11.6 Å². The summed E-state index contributed by atoms with van der Waals surface area (Å²) in [7, 11) is -2.37. The number of nitrogens with zero attached hydrogens (tertiary/aromatic N) is 2. The molecule has 0 fully saturated rings. The number of nitrogens with one attached hydrogen (secondary N) is 1. The van der Waals surface area contributed by atoms with Gasteiger partial charge in [-0.05, 0) is 36.2 Å². The number of amides is 1. The van der Waals surface area contributed by atoms with Crippen LogP contribution in [0, 0.1) is 11.8 Å². The average Bonchev–Trinajstić information content (AvgIpc) is 2.43. The Kier molecular flexibility index (Phi) is 6.61. The molecule has 0 aliphatic heterocycles. The fourth-order valence-electron chi connectivity index (χ4n) is 1.56. The number of carbonyl (C=O) groups is 1. The van der Waals surface area contributed by atoms with Crippen LogP contribution in [0.3, 0.4) is 0 Å². The zero-order chi connectivity index (χ0) is 19.5. The molecule has 2 N–H and O–H groups in total. The van der Waals surface area contributed by atoms with Crippen LogP contribution < -0.4 is 5.32 Å². The summed E-state index contributed by atoms with van der Waals surface area (Å²) in [6.45, 7) is 7.55. The lowest BCUT2D eigenvalue weighted by molar-refractivity contribution is -0.167. The minimum atomic E-state index is -5.05. The molecule has 25 heavy (non-hydrogen) atoms. The van der Waals surface area contributed by atoms with E-state index in [0.717, 1.165) is 6.20 Å². The molecule has 0 aliphatic rings. The summed E-state index contributed by atoms with van der Waals surface area (Å²) in [6.07, 6.45) is -2.87. The van der Waals surface area contributed by atoms with Gasteiger partial charge in [-0.15, -0.1) is 0 Å². The number of alkyl halides is 3. The van der Waals surface area contributed by atoms with E-state index in [-0.39, 0.29) is 15.9 Å². The number of carbonyl (C=O) groups excluding carboxylic acids is 1. The van der Waals surface area contributed by atoms with Crippen molar-refractivity contribution in [2.45, 2.75) is 51.0 Å². The maximum Gasteiger partial charge on any atom is 0.471 e. The molecule has 1 heterocycles. The zero-order valence-electron chi connectivity index (χ0n) is 14.3. The van der Waals surface area contributed by atoms with Gasteiger partial charge in [0.2, 0.25) is 5.28 Å². The number of hydrogen-bond donors (Lipinski definition) is 2. The smallest absolute Gasteiger partial charge is 0.432 e. The summed E-state index contributed by atoms with van der Waals surface area (Å²) in [4.78, 5) is 28.5. The van der Waals surface area contributed by atoms with Gasteiger partial charge in [0.1, 0.15) is 0 Å². The summed E-state index contributed by atoms with van der Waals surface area (Å²) >= 11 is 5.56. The first-order valence-electron chi connectivity index (χ1n) is 7.36. The third kappa shape index (κ3) is 6.30. The highest BCUT2D eigenvalue weighted by Crippen LogP contribution is 2.39. The largest absolute Gasteiger partial charge is 0.471 e. The van der Waals surface area contributed by atoms with Crippen molar-refractivity contribution < 1.29 is 22.8 Å². The molecule has 1 aromatic rings. The maximum absolute atomic E-state index is 12.4. The Morgan fingerprint density at radius 1 is 1.40 bits per heavy atom. The number of rotatable bonds is 4. The fourth-order valence-corrected chi connectivity index (χ4v) is 2.43.